The molecule has 1 unspecified atom stereocenters. The highest BCUT2D eigenvalue weighted by atomic mass is 79.9. The predicted molar refractivity (Wildman–Crippen MR) is 86.2 cm³/mol. The molecule has 0 aliphatic carbocycles. The van der Waals surface area contributed by atoms with Crippen LogP contribution in [0.25, 0.3) is 0 Å². The Morgan fingerprint density at radius 1 is 1.12 bits per heavy atom. The fourth-order valence-electron chi connectivity index (χ4n) is 1.33. The van der Waals surface area contributed by atoms with Gasteiger partial charge in [0.2, 0.25) is 0 Å². The lowest BCUT2D eigenvalue weighted by Crippen LogP contribution is -2.29. The Bertz CT molecular complexity index is 248. The molecule has 0 aromatic rings. The van der Waals surface area contributed by atoms with Crippen LogP contribution in [0.5, 0.6) is 0 Å². The number of halogens is 1. The zero-order chi connectivity index (χ0) is 12.1. The van der Waals surface area contributed by atoms with Crippen LogP contribution in [-0.4, -0.2) is 73.7 Å². The van der Waals surface area contributed by atoms with Crippen molar-refractivity contribution in [3.8, 4) is 0 Å². The first-order valence-corrected chi connectivity index (χ1v) is 7.65. The summed E-state index contributed by atoms with van der Waals surface area (Å²) in [5.41, 5.74) is 0.282. The van der Waals surface area contributed by atoms with Crippen molar-refractivity contribution in [2.75, 3.05) is 48.3 Å². The van der Waals surface area contributed by atoms with E-state index in [2.05, 4.69) is 40.8 Å². The molecule has 1 aliphatic heterocycles. The number of nitrogens with zero attached hydrogens (tertiary/aromatic N) is 4. The fourth-order valence-corrected chi connectivity index (χ4v) is 3.92. The van der Waals surface area contributed by atoms with Gasteiger partial charge in [0.05, 0.1) is 0 Å². The van der Waals surface area contributed by atoms with Crippen LogP contribution in [-0.2, 0) is 0 Å². The molecule has 4 nitrogen and oxygen atoms in total. The summed E-state index contributed by atoms with van der Waals surface area (Å²) in [6, 6.07) is 0. The summed E-state index contributed by atoms with van der Waals surface area (Å²) in [5, 5.41) is 1.12. The summed E-state index contributed by atoms with van der Waals surface area (Å²) in [6.45, 7) is 2.24. The molecule has 1 rings (SSSR count). The Morgan fingerprint density at radius 3 is 2.24 bits per heavy atom. The van der Waals surface area contributed by atoms with Gasteiger partial charge in [0.1, 0.15) is 0 Å². The fraction of sp³-hybridized carbons (Fsp3) is 0.900. The first-order chi connectivity index (χ1) is 7.50. The van der Waals surface area contributed by atoms with E-state index in [1.165, 1.54) is 6.42 Å². The molecule has 0 spiro atoms. The second-order valence-corrected chi connectivity index (χ2v) is 6.67. The van der Waals surface area contributed by atoms with E-state index >= 15 is 0 Å². The highest BCUT2D eigenvalue weighted by Gasteiger charge is 2.23. The molecule has 0 aromatic heterocycles. The summed E-state index contributed by atoms with van der Waals surface area (Å²) in [5.74, 6) is 0. The minimum absolute atomic E-state index is 0. The van der Waals surface area contributed by atoms with Crippen LogP contribution < -0.4 is 0 Å². The van der Waals surface area contributed by atoms with E-state index in [0.717, 1.165) is 18.3 Å². The summed E-state index contributed by atoms with van der Waals surface area (Å²) in [6.07, 6.45) is 1.19. The van der Waals surface area contributed by atoms with Gasteiger partial charge in [-0.2, -0.15) is 0 Å². The highest BCUT2D eigenvalue weighted by molar-refractivity contribution is 8.93. The maximum Gasteiger partial charge on any atom is 0.172 e. The molecule has 1 atom stereocenters. The van der Waals surface area contributed by atoms with Crippen molar-refractivity contribution < 1.29 is 0 Å². The SMILES string of the molecule is Br.CN(C)CCCN(C)C1N=C(N(C)C)SS1. The van der Waals surface area contributed by atoms with Gasteiger partial charge in [-0.1, -0.05) is 0 Å². The Morgan fingerprint density at radius 2 is 1.76 bits per heavy atom. The third-order valence-electron chi connectivity index (χ3n) is 2.31. The van der Waals surface area contributed by atoms with Gasteiger partial charge in [-0.3, -0.25) is 4.90 Å². The van der Waals surface area contributed by atoms with E-state index in [4.69, 9.17) is 0 Å². The van der Waals surface area contributed by atoms with Gasteiger partial charge < -0.3 is 9.80 Å². The first kappa shape index (κ1) is 17.6. The summed E-state index contributed by atoms with van der Waals surface area (Å²) in [7, 11) is 14.1. The molecule has 0 bridgehead atoms. The van der Waals surface area contributed by atoms with Crippen molar-refractivity contribution in [2.45, 2.75) is 11.9 Å². The van der Waals surface area contributed by atoms with E-state index in [1.54, 1.807) is 10.8 Å². The quantitative estimate of drug-likeness (QED) is 0.711. The molecule has 102 valence electrons. The van der Waals surface area contributed by atoms with E-state index in [-0.39, 0.29) is 22.5 Å². The van der Waals surface area contributed by atoms with E-state index in [9.17, 15) is 0 Å². The van der Waals surface area contributed by atoms with Gasteiger partial charge in [0.25, 0.3) is 0 Å². The zero-order valence-electron chi connectivity index (χ0n) is 11.2. The van der Waals surface area contributed by atoms with Gasteiger partial charge >= 0.3 is 0 Å². The highest BCUT2D eigenvalue weighted by Crippen LogP contribution is 2.37. The van der Waals surface area contributed by atoms with Crippen LogP contribution >= 0.6 is 38.6 Å². The third kappa shape index (κ3) is 6.33. The Labute approximate surface area is 123 Å². The Hall–Kier alpha value is 0.570. The molecule has 0 amide bonds. The van der Waals surface area contributed by atoms with Crippen LogP contribution in [0.2, 0.25) is 0 Å². The second kappa shape index (κ2) is 8.63. The lowest BCUT2D eigenvalue weighted by molar-refractivity contribution is 0.291. The standard InChI is InChI=1S/C10H22N4S2.BrH/c1-12(2)7-6-8-14(5)10-11-9(13(3)4)15-16-10;/h10H,6-8H2,1-5H3;1H. The molecule has 17 heavy (non-hydrogen) atoms. The topological polar surface area (TPSA) is 22.1 Å². The minimum Gasteiger partial charge on any atom is -0.357 e. The van der Waals surface area contributed by atoms with Gasteiger partial charge in [-0.25, -0.2) is 4.99 Å². The van der Waals surface area contributed by atoms with Crippen LogP contribution in [0, 0.1) is 0 Å². The van der Waals surface area contributed by atoms with Gasteiger partial charge in [-0.15, -0.1) is 17.0 Å². The normalized spacial score (nSPS) is 19.5. The molecule has 1 heterocycles. The van der Waals surface area contributed by atoms with Crippen LogP contribution in [0.1, 0.15) is 6.42 Å². The van der Waals surface area contributed by atoms with Crippen molar-refractivity contribution in [1.29, 1.82) is 0 Å². The third-order valence-corrected chi connectivity index (χ3v) is 4.91. The van der Waals surface area contributed by atoms with Crippen molar-refractivity contribution in [3.05, 3.63) is 0 Å². The second-order valence-electron chi connectivity index (χ2n) is 4.45. The van der Waals surface area contributed by atoms with Crippen molar-refractivity contribution in [2.24, 2.45) is 4.99 Å². The van der Waals surface area contributed by atoms with E-state index in [1.807, 2.05) is 24.9 Å². The summed E-state index contributed by atoms with van der Waals surface area (Å²) < 4.78 is 0. The molecule has 7 heteroatoms. The van der Waals surface area contributed by atoms with Crippen molar-refractivity contribution in [1.82, 2.24) is 14.7 Å². The molecule has 0 N–H and O–H groups in total. The smallest absolute Gasteiger partial charge is 0.172 e. The molecular weight excluding hydrogens is 320 g/mol. The van der Waals surface area contributed by atoms with E-state index < -0.39 is 0 Å². The predicted octanol–water partition coefficient (Wildman–Crippen LogP) is 2.04. The van der Waals surface area contributed by atoms with Gasteiger partial charge in [0, 0.05) is 20.6 Å². The summed E-state index contributed by atoms with van der Waals surface area (Å²) in [4.78, 5) is 11.3. The van der Waals surface area contributed by atoms with Crippen LogP contribution in [0.4, 0.5) is 0 Å². The monoisotopic (exact) mass is 342 g/mol. The van der Waals surface area contributed by atoms with E-state index in [0.29, 0.717) is 0 Å². The number of aliphatic imine (C=N–C) groups is 1. The molecule has 1 aliphatic rings. The first-order valence-electron chi connectivity index (χ1n) is 5.44. The number of rotatable bonds is 5. The maximum absolute atomic E-state index is 4.67. The molecule has 0 saturated carbocycles. The van der Waals surface area contributed by atoms with Gasteiger partial charge in [0.15, 0.2) is 10.7 Å². The summed E-state index contributed by atoms with van der Waals surface area (Å²) >= 11 is 0. The average molecular weight is 343 g/mol. The molecular formula is C10H23BrN4S2. The Kier molecular flexibility index (Phi) is 8.92. The molecule has 0 aromatic carbocycles. The molecule has 0 saturated heterocycles. The number of amidine groups is 1. The van der Waals surface area contributed by atoms with Crippen molar-refractivity contribution in [3.63, 3.8) is 0 Å². The number of hydrogen-bond acceptors (Lipinski definition) is 6. The lowest BCUT2D eigenvalue weighted by atomic mass is 10.4. The molecule has 0 radical (unpaired) electrons. The largest absolute Gasteiger partial charge is 0.357 e. The van der Waals surface area contributed by atoms with Crippen LogP contribution in [0.3, 0.4) is 0 Å². The Balaban J connectivity index is 0.00000256. The number of hydrogen-bond donors (Lipinski definition) is 0. The van der Waals surface area contributed by atoms with Crippen molar-refractivity contribution >= 4 is 43.7 Å². The van der Waals surface area contributed by atoms with Gasteiger partial charge in [-0.05, 0) is 55.7 Å². The zero-order valence-corrected chi connectivity index (χ0v) is 14.6. The van der Waals surface area contributed by atoms with Crippen LogP contribution in [0.15, 0.2) is 4.99 Å². The molecule has 0 fully saturated rings. The lowest BCUT2D eigenvalue weighted by Gasteiger charge is -2.21. The average Bonchev–Trinajstić information content (AvgIpc) is 2.65. The minimum atomic E-state index is 0. The maximum atomic E-state index is 4.67.